The van der Waals surface area contributed by atoms with Crippen molar-refractivity contribution in [2.75, 3.05) is 20.3 Å². The highest BCUT2D eigenvalue weighted by atomic mass is 32.1. The van der Waals surface area contributed by atoms with E-state index in [0.29, 0.717) is 13.0 Å². The van der Waals surface area contributed by atoms with E-state index in [0.717, 1.165) is 0 Å². The van der Waals surface area contributed by atoms with E-state index in [1.54, 1.807) is 11.3 Å². The average molecular weight is 285 g/mol. The molecule has 0 fully saturated rings. The maximum atomic E-state index is 12.0. The van der Waals surface area contributed by atoms with Crippen LogP contribution in [0.5, 0.6) is 0 Å². The van der Waals surface area contributed by atoms with E-state index in [1.165, 1.54) is 15.6 Å². The second-order valence-electron chi connectivity index (χ2n) is 4.28. The summed E-state index contributed by atoms with van der Waals surface area (Å²) in [5.74, 6) is 0. The summed E-state index contributed by atoms with van der Waals surface area (Å²) >= 11 is 1.70. The van der Waals surface area contributed by atoms with Crippen molar-refractivity contribution < 1.29 is 13.5 Å². The number of halogens is 2. The first-order valence-electron chi connectivity index (χ1n) is 6.21. The van der Waals surface area contributed by atoms with E-state index < -0.39 is 13.0 Å². The minimum atomic E-state index is -2.39. The van der Waals surface area contributed by atoms with Crippen molar-refractivity contribution in [2.45, 2.75) is 18.9 Å². The molecule has 0 spiro atoms. The molecule has 2 rings (SSSR count). The van der Waals surface area contributed by atoms with E-state index in [2.05, 4.69) is 22.8 Å². The van der Waals surface area contributed by atoms with Crippen LogP contribution in [-0.2, 0) is 4.74 Å². The Morgan fingerprint density at radius 3 is 2.84 bits per heavy atom. The third-order valence-electron chi connectivity index (χ3n) is 3.03. The molecular weight excluding hydrogens is 268 g/mol. The summed E-state index contributed by atoms with van der Waals surface area (Å²) in [6, 6.07) is 8.34. The molecule has 1 aromatic carbocycles. The van der Waals surface area contributed by atoms with Crippen molar-refractivity contribution in [2.24, 2.45) is 0 Å². The first-order chi connectivity index (χ1) is 9.22. The first-order valence-corrected chi connectivity index (χ1v) is 7.09. The van der Waals surface area contributed by atoms with Gasteiger partial charge >= 0.3 is 0 Å². The van der Waals surface area contributed by atoms with Crippen LogP contribution >= 0.6 is 11.3 Å². The Balaban J connectivity index is 2.01. The van der Waals surface area contributed by atoms with Gasteiger partial charge in [0, 0.05) is 17.3 Å². The lowest BCUT2D eigenvalue weighted by atomic mass is 10.0. The Kier molecular flexibility index (Phi) is 5.24. The van der Waals surface area contributed by atoms with Gasteiger partial charge in [0.25, 0.3) is 6.43 Å². The van der Waals surface area contributed by atoms with Crippen molar-refractivity contribution in [3.8, 4) is 0 Å². The molecule has 1 N–H and O–H groups in total. The highest BCUT2D eigenvalue weighted by Crippen LogP contribution is 2.31. The zero-order chi connectivity index (χ0) is 13.7. The van der Waals surface area contributed by atoms with Gasteiger partial charge in [-0.15, -0.1) is 11.3 Å². The Hall–Kier alpha value is -1.04. The van der Waals surface area contributed by atoms with Gasteiger partial charge in [0.2, 0.25) is 0 Å². The Morgan fingerprint density at radius 2 is 2.11 bits per heavy atom. The summed E-state index contributed by atoms with van der Waals surface area (Å²) in [4.78, 5) is 0. The summed E-state index contributed by atoms with van der Waals surface area (Å²) in [6.07, 6.45) is -1.71. The maximum absolute atomic E-state index is 12.0. The molecule has 0 saturated heterocycles. The summed E-state index contributed by atoms with van der Waals surface area (Å²) in [5.41, 5.74) is 1.21. The number of benzene rings is 1. The van der Waals surface area contributed by atoms with Gasteiger partial charge in [0.1, 0.15) is 6.61 Å². The van der Waals surface area contributed by atoms with Crippen LogP contribution in [0.25, 0.3) is 10.1 Å². The lowest BCUT2D eigenvalue weighted by Gasteiger charge is -2.16. The van der Waals surface area contributed by atoms with Crippen molar-refractivity contribution in [1.29, 1.82) is 0 Å². The predicted octanol–water partition coefficient (Wildman–Crippen LogP) is 3.83. The van der Waals surface area contributed by atoms with Crippen LogP contribution in [0.1, 0.15) is 18.0 Å². The SMILES string of the molecule is CNC(CCOCC(F)F)c1csc2ccccc12. The van der Waals surface area contributed by atoms with Crippen LogP contribution in [0.15, 0.2) is 29.6 Å². The van der Waals surface area contributed by atoms with E-state index in [4.69, 9.17) is 4.74 Å². The van der Waals surface area contributed by atoms with E-state index in [-0.39, 0.29) is 6.04 Å². The standard InChI is InChI=1S/C14H17F2NOS/c1-17-12(6-7-18-8-14(15)16)11-9-19-13-5-3-2-4-10(11)13/h2-5,9,12,14,17H,6-8H2,1H3. The summed E-state index contributed by atoms with van der Waals surface area (Å²) in [5, 5.41) is 6.57. The molecular formula is C14H17F2NOS. The number of hydrogen-bond donors (Lipinski definition) is 1. The third kappa shape index (κ3) is 3.72. The van der Waals surface area contributed by atoms with Gasteiger partial charge in [-0.25, -0.2) is 8.78 Å². The number of fused-ring (bicyclic) bond motifs is 1. The summed E-state index contributed by atoms with van der Waals surface area (Å²) in [7, 11) is 1.88. The summed E-state index contributed by atoms with van der Waals surface area (Å²) < 4.78 is 30.2. The second-order valence-corrected chi connectivity index (χ2v) is 5.19. The number of nitrogens with one attached hydrogen (secondary N) is 1. The van der Waals surface area contributed by atoms with Gasteiger partial charge in [-0.2, -0.15) is 0 Å². The van der Waals surface area contributed by atoms with E-state index in [1.807, 2.05) is 19.2 Å². The highest BCUT2D eigenvalue weighted by molar-refractivity contribution is 7.17. The molecule has 104 valence electrons. The number of hydrogen-bond acceptors (Lipinski definition) is 3. The van der Waals surface area contributed by atoms with Crippen LogP contribution in [-0.4, -0.2) is 26.7 Å². The predicted molar refractivity (Wildman–Crippen MR) is 75.1 cm³/mol. The van der Waals surface area contributed by atoms with Gasteiger partial charge in [-0.3, -0.25) is 0 Å². The van der Waals surface area contributed by atoms with Crippen LogP contribution < -0.4 is 5.32 Å². The Bertz CT molecular complexity index is 515. The normalized spacial score (nSPS) is 13.3. The lowest BCUT2D eigenvalue weighted by Crippen LogP contribution is -2.18. The van der Waals surface area contributed by atoms with Crippen LogP contribution in [0, 0.1) is 0 Å². The number of alkyl halides is 2. The Morgan fingerprint density at radius 1 is 1.32 bits per heavy atom. The van der Waals surface area contributed by atoms with Gasteiger partial charge in [0.05, 0.1) is 0 Å². The fourth-order valence-electron chi connectivity index (χ4n) is 2.10. The molecule has 0 amide bonds. The maximum Gasteiger partial charge on any atom is 0.261 e. The van der Waals surface area contributed by atoms with Gasteiger partial charge < -0.3 is 10.1 Å². The molecule has 0 aliphatic carbocycles. The smallest absolute Gasteiger partial charge is 0.261 e. The monoisotopic (exact) mass is 285 g/mol. The van der Waals surface area contributed by atoms with Crippen LogP contribution in [0.4, 0.5) is 8.78 Å². The van der Waals surface area contributed by atoms with Gasteiger partial charge in [0.15, 0.2) is 0 Å². The van der Waals surface area contributed by atoms with Crippen molar-refractivity contribution in [1.82, 2.24) is 5.32 Å². The number of rotatable bonds is 7. The molecule has 1 atom stereocenters. The van der Waals surface area contributed by atoms with Crippen molar-refractivity contribution in [3.63, 3.8) is 0 Å². The molecule has 2 aromatic rings. The lowest BCUT2D eigenvalue weighted by molar-refractivity contribution is 0.0146. The van der Waals surface area contributed by atoms with Gasteiger partial charge in [-0.05, 0) is 35.9 Å². The molecule has 0 bridgehead atoms. The molecule has 1 heterocycles. The quantitative estimate of drug-likeness (QED) is 0.781. The second kappa shape index (κ2) is 6.93. The number of thiophene rings is 1. The topological polar surface area (TPSA) is 21.3 Å². The zero-order valence-electron chi connectivity index (χ0n) is 10.7. The molecule has 0 aliphatic heterocycles. The minimum Gasteiger partial charge on any atom is -0.375 e. The fourth-order valence-corrected chi connectivity index (χ4v) is 3.11. The minimum absolute atomic E-state index is 0.133. The van der Waals surface area contributed by atoms with Gasteiger partial charge in [-0.1, -0.05) is 18.2 Å². The molecule has 19 heavy (non-hydrogen) atoms. The third-order valence-corrected chi connectivity index (χ3v) is 4.01. The molecule has 0 radical (unpaired) electrons. The van der Waals surface area contributed by atoms with Crippen LogP contribution in [0.2, 0.25) is 0 Å². The highest BCUT2D eigenvalue weighted by Gasteiger charge is 2.14. The van der Waals surface area contributed by atoms with E-state index >= 15 is 0 Å². The molecule has 5 heteroatoms. The zero-order valence-corrected chi connectivity index (χ0v) is 11.6. The van der Waals surface area contributed by atoms with Crippen molar-refractivity contribution >= 4 is 21.4 Å². The molecule has 0 saturated carbocycles. The molecule has 2 nitrogen and oxygen atoms in total. The van der Waals surface area contributed by atoms with Crippen molar-refractivity contribution in [3.05, 3.63) is 35.2 Å². The summed E-state index contributed by atoms with van der Waals surface area (Å²) in [6.45, 7) is -0.152. The molecule has 1 aromatic heterocycles. The molecule has 1 unspecified atom stereocenters. The molecule has 0 aliphatic rings. The largest absolute Gasteiger partial charge is 0.375 e. The fraction of sp³-hybridized carbons (Fsp3) is 0.429. The average Bonchev–Trinajstić information content (AvgIpc) is 2.83. The van der Waals surface area contributed by atoms with E-state index in [9.17, 15) is 8.78 Å². The van der Waals surface area contributed by atoms with Crippen LogP contribution in [0.3, 0.4) is 0 Å². The first kappa shape index (κ1) is 14.4. The number of ether oxygens (including phenoxy) is 1. The Labute approximate surface area is 115 Å².